The van der Waals surface area contributed by atoms with Crippen molar-refractivity contribution in [3.05, 3.63) is 27.6 Å². The van der Waals surface area contributed by atoms with E-state index in [2.05, 4.69) is 10.3 Å². The zero-order valence-corrected chi connectivity index (χ0v) is 9.53. The van der Waals surface area contributed by atoms with Crippen molar-refractivity contribution in [3.63, 3.8) is 0 Å². The lowest BCUT2D eigenvalue weighted by Crippen LogP contribution is -2.17. The van der Waals surface area contributed by atoms with Crippen molar-refractivity contribution in [3.8, 4) is 0 Å². The Morgan fingerprint density at radius 1 is 1.62 bits per heavy atom. The van der Waals surface area contributed by atoms with Crippen LogP contribution in [0.15, 0.2) is 20.3 Å². The van der Waals surface area contributed by atoms with E-state index in [4.69, 9.17) is 4.42 Å². The summed E-state index contributed by atoms with van der Waals surface area (Å²) in [5.41, 5.74) is 1.28. The molecule has 0 fully saturated rings. The highest BCUT2D eigenvalue weighted by molar-refractivity contribution is 5.90. The van der Waals surface area contributed by atoms with Crippen LogP contribution in [0.4, 0.5) is 5.88 Å². The van der Waals surface area contributed by atoms with Gasteiger partial charge in [0, 0.05) is 11.6 Å². The second kappa shape index (κ2) is 5.25. The van der Waals surface area contributed by atoms with E-state index in [0.29, 0.717) is 12.2 Å². The van der Waals surface area contributed by atoms with Gasteiger partial charge in [-0.2, -0.15) is 4.99 Å². The van der Waals surface area contributed by atoms with Crippen LogP contribution in [0, 0.1) is 6.92 Å². The summed E-state index contributed by atoms with van der Waals surface area (Å²) in [7, 11) is 0. The number of amides is 1. The lowest BCUT2D eigenvalue weighted by Gasteiger charge is -2.04. The number of nitrogens with zero attached hydrogens (tertiary/aromatic N) is 1. The minimum absolute atomic E-state index is 0.246. The zero-order chi connectivity index (χ0) is 12.1. The van der Waals surface area contributed by atoms with Gasteiger partial charge in [-0.05, 0) is 25.8 Å². The number of carbonyl (C=O) groups excluding carboxylic acids is 1. The van der Waals surface area contributed by atoms with Crippen LogP contribution >= 0.6 is 0 Å². The highest BCUT2D eigenvalue weighted by atomic mass is 16.4. The quantitative estimate of drug-likeness (QED) is 0.476. The van der Waals surface area contributed by atoms with Crippen LogP contribution < -0.4 is 10.9 Å². The summed E-state index contributed by atoms with van der Waals surface area (Å²) < 4.78 is 4.97. The lowest BCUT2D eigenvalue weighted by molar-refractivity contribution is -0.108. The van der Waals surface area contributed by atoms with Gasteiger partial charge in [-0.3, -0.25) is 4.79 Å². The van der Waals surface area contributed by atoms with Gasteiger partial charge in [-0.15, -0.1) is 0 Å². The number of rotatable bonds is 3. The van der Waals surface area contributed by atoms with E-state index in [1.54, 1.807) is 6.92 Å². The molecule has 5 nitrogen and oxygen atoms in total. The summed E-state index contributed by atoms with van der Waals surface area (Å²) in [6.45, 7) is 5.40. The van der Waals surface area contributed by atoms with Crippen LogP contribution in [0.1, 0.15) is 25.0 Å². The molecular formula is C11H14N2O3. The average molecular weight is 222 g/mol. The van der Waals surface area contributed by atoms with Crippen molar-refractivity contribution in [2.45, 2.75) is 27.2 Å². The number of hydrogen-bond acceptors (Lipinski definition) is 4. The summed E-state index contributed by atoms with van der Waals surface area (Å²) in [6, 6.07) is 1.46. The molecule has 0 aromatic carbocycles. The summed E-state index contributed by atoms with van der Waals surface area (Å²) in [5.74, 6) is 0.630. The fraction of sp³-hybridized carbons (Fsp3) is 0.364. The van der Waals surface area contributed by atoms with Gasteiger partial charge in [0.1, 0.15) is 5.84 Å². The summed E-state index contributed by atoms with van der Waals surface area (Å²) in [5, 5.41) is 2.39. The van der Waals surface area contributed by atoms with Crippen molar-refractivity contribution in [2.75, 3.05) is 0 Å². The molecule has 0 atom stereocenters. The molecule has 0 radical (unpaired) electrons. The smallest absolute Gasteiger partial charge is 0.337 e. The number of hydrogen-bond donors (Lipinski definition) is 1. The Labute approximate surface area is 93.2 Å². The van der Waals surface area contributed by atoms with Crippen molar-refractivity contribution in [2.24, 2.45) is 4.99 Å². The fourth-order valence-electron chi connectivity index (χ4n) is 1.33. The van der Waals surface area contributed by atoms with E-state index in [1.165, 1.54) is 6.07 Å². The van der Waals surface area contributed by atoms with Gasteiger partial charge in [-0.25, -0.2) is 4.79 Å². The van der Waals surface area contributed by atoms with E-state index in [-0.39, 0.29) is 5.88 Å². The largest absolute Gasteiger partial charge is 0.404 e. The molecule has 1 rings (SSSR count). The summed E-state index contributed by atoms with van der Waals surface area (Å²) in [6.07, 6.45) is 1.26. The molecule has 1 aromatic rings. The van der Waals surface area contributed by atoms with E-state index < -0.39 is 5.63 Å². The molecule has 1 amide bonds. The Bertz CT molecular complexity index is 475. The molecule has 1 heterocycles. The first-order chi connectivity index (χ1) is 7.58. The second-order valence-corrected chi connectivity index (χ2v) is 3.33. The summed E-state index contributed by atoms with van der Waals surface area (Å²) >= 11 is 0. The molecule has 1 N–H and O–H groups in total. The van der Waals surface area contributed by atoms with E-state index >= 15 is 0 Å². The normalized spacial score (nSPS) is 11.3. The number of aryl methyl sites for hydroxylation is 1. The van der Waals surface area contributed by atoms with Gasteiger partial charge < -0.3 is 9.73 Å². The number of aliphatic imine (C=N–C) groups is 1. The molecule has 0 aliphatic carbocycles. The van der Waals surface area contributed by atoms with Crippen LogP contribution in [-0.2, 0) is 11.2 Å². The maximum atomic E-state index is 11.2. The third-order valence-corrected chi connectivity index (χ3v) is 2.21. The minimum Gasteiger partial charge on any atom is -0.404 e. The average Bonchev–Trinajstić information content (AvgIpc) is 2.23. The van der Waals surface area contributed by atoms with Gasteiger partial charge in [0.25, 0.3) is 0 Å². The van der Waals surface area contributed by atoms with E-state index in [0.717, 1.165) is 17.5 Å². The summed E-state index contributed by atoms with van der Waals surface area (Å²) in [4.78, 5) is 25.5. The number of carbonyl (C=O) groups is 1. The first-order valence-corrected chi connectivity index (χ1v) is 4.97. The van der Waals surface area contributed by atoms with Gasteiger partial charge in [0.2, 0.25) is 12.3 Å². The molecule has 86 valence electrons. The predicted octanol–water partition coefficient (Wildman–Crippen LogP) is 1.31. The van der Waals surface area contributed by atoms with Crippen LogP contribution in [0.3, 0.4) is 0 Å². The standard InChI is InChI=1S/C11H14N2O3/c1-4-9-5-10(15)16-11(7(9)2)13-8(3)12-6-14/h5-6H,4H2,1-3H3,(H,12,13,14). The van der Waals surface area contributed by atoms with Crippen LogP contribution in [0.2, 0.25) is 0 Å². The van der Waals surface area contributed by atoms with E-state index in [1.807, 2.05) is 13.8 Å². The molecule has 0 bridgehead atoms. The first-order valence-electron chi connectivity index (χ1n) is 4.97. The molecule has 0 aliphatic rings. The molecule has 0 saturated carbocycles. The lowest BCUT2D eigenvalue weighted by atomic mass is 10.1. The van der Waals surface area contributed by atoms with Crippen molar-refractivity contribution in [1.29, 1.82) is 0 Å². The highest BCUT2D eigenvalue weighted by Crippen LogP contribution is 2.20. The second-order valence-electron chi connectivity index (χ2n) is 3.33. The Kier molecular flexibility index (Phi) is 3.99. The molecule has 1 aromatic heterocycles. The molecule has 0 unspecified atom stereocenters. The SMILES string of the molecule is CCc1cc(=O)oc(/N=C(/C)NC=O)c1C. The Morgan fingerprint density at radius 2 is 2.31 bits per heavy atom. The Hall–Kier alpha value is -1.91. The first kappa shape index (κ1) is 12.2. The van der Waals surface area contributed by atoms with E-state index in [9.17, 15) is 9.59 Å². The van der Waals surface area contributed by atoms with Gasteiger partial charge in [0.05, 0.1) is 0 Å². The van der Waals surface area contributed by atoms with Gasteiger partial charge >= 0.3 is 5.63 Å². The minimum atomic E-state index is -0.430. The topological polar surface area (TPSA) is 71.7 Å². The zero-order valence-electron chi connectivity index (χ0n) is 9.53. The van der Waals surface area contributed by atoms with Crippen LogP contribution in [0.25, 0.3) is 0 Å². The molecule has 5 heteroatoms. The predicted molar refractivity (Wildman–Crippen MR) is 61.1 cm³/mol. The Balaban J connectivity index is 3.23. The van der Waals surface area contributed by atoms with Gasteiger partial charge in [-0.1, -0.05) is 6.92 Å². The molecule has 16 heavy (non-hydrogen) atoms. The van der Waals surface area contributed by atoms with Crippen molar-refractivity contribution >= 4 is 18.1 Å². The fourth-order valence-corrected chi connectivity index (χ4v) is 1.33. The molecule has 0 spiro atoms. The van der Waals surface area contributed by atoms with Crippen molar-refractivity contribution < 1.29 is 9.21 Å². The third kappa shape index (κ3) is 2.79. The maximum Gasteiger partial charge on any atom is 0.337 e. The Morgan fingerprint density at radius 3 is 2.88 bits per heavy atom. The van der Waals surface area contributed by atoms with Crippen LogP contribution in [-0.4, -0.2) is 12.2 Å². The number of amidine groups is 1. The molecular weight excluding hydrogens is 208 g/mol. The number of nitrogens with one attached hydrogen (secondary N) is 1. The maximum absolute atomic E-state index is 11.2. The molecule has 0 aliphatic heterocycles. The van der Waals surface area contributed by atoms with Crippen LogP contribution in [0.5, 0.6) is 0 Å². The van der Waals surface area contributed by atoms with Crippen molar-refractivity contribution in [1.82, 2.24) is 5.32 Å². The highest BCUT2D eigenvalue weighted by Gasteiger charge is 2.07. The monoisotopic (exact) mass is 222 g/mol. The third-order valence-electron chi connectivity index (χ3n) is 2.21. The van der Waals surface area contributed by atoms with Gasteiger partial charge in [0.15, 0.2) is 0 Å². The molecule has 0 saturated heterocycles.